The van der Waals surface area contributed by atoms with E-state index in [4.69, 9.17) is 33.8 Å². The van der Waals surface area contributed by atoms with Crippen molar-refractivity contribution in [2.45, 2.75) is 17.7 Å². The monoisotopic (exact) mass is 564 g/mol. The van der Waals surface area contributed by atoms with Crippen molar-refractivity contribution in [2.24, 2.45) is 5.84 Å². The lowest BCUT2D eigenvalue weighted by molar-refractivity contribution is -0.118. The van der Waals surface area contributed by atoms with Gasteiger partial charge in [0.15, 0.2) is 0 Å². The predicted octanol–water partition coefficient (Wildman–Crippen LogP) is 5.49. The first-order chi connectivity index (χ1) is 17.2. The maximum absolute atomic E-state index is 13.0. The van der Waals surface area contributed by atoms with Gasteiger partial charge in [-0.15, -0.1) is 0 Å². The first kappa shape index (κ1) is 26.2. The molecule has 3 aromatic carbocycles. The normalized spacial score (nSPS) is 11.4. The Bertz CT molecular complexity index is 1460. The van der Waals surface area contributed by atoms with Crippen molar-refractivity contribution in [1.29, 1.82) is 0 Å². The number of carbonyl (C=O) groups excluding carboxylic acids is 1. The van der Waals surface area contributed by atoms with Crippen LogP contribution in [0.5, 0.6) is 5.75 Å². The fourth-order valence-corrected chi connectivity index (χ4v) is 5.94. The summed E-state index contributed by atoms with van der Waals surface area (Å²) in [6, 6.07) is 18.2. The van der Waals surface area contributed by atoms with Crippen molar-refractivity contribution in [3.63, 3.8) is 0 Å². The summed E-state index contributed by atoms with van der Waals surface area (Å²) >= 11 is 13.1. The van der Waals surface area contributed by atoms with Crippen LogP contribution in [0.2, 0.25) is 10.0 Å². The number of rotatable bonds is 9. The molecule has 0 saturated heterocycles. The van der Waals surface area contributed by atoms with Crippen molar-refractivity contribution in [3.05, 3.63) is 76.8 Å². The lowest BCUT2D eigenvalue weighted by Gasteiger charge is -2.19. The number of ether oxygens (including phenoxy) is 1. The Morgan fingerprint density at radius 2 is 1.81 bits per heavy atom. The molecule has 1 aromatic heterocycles. The van der Waals surface area contributed by atoms with Gasteiger partial charge in [-0.05, 0) is 61.0 Å². The number of anilines is 2. The summed E-state index contributed by atoms with van der Waals surface area (Å²) in [4.78, 5) is 18.3. The largest absolute Gasteiger partial charge is 0.492 e. The van der Waals surface area contributed by atoms with Crippen LogP contribution in [0.4, 0.5) is 10.8 Å². The number of para-hydroxylation sites is 1. The average molecular weight is 566 g/mol. The molecule has 0 aliphatic carbocycles. The molecular formula is C24H22Cl2N4O4S2. The Kier molecular flexibility index (Phi) is 8.01. The van der Waals surface area contributed by atoms with Crippen molar-refractivity contribution in [1.82, 2.24) is 4.98 Å². The van der Waals surface area contributed by atoms with E-state index in [9.17, 15) is 13.2 Å². The molecule has 0 aliphatic rings. The summed E-state index contributed by atoms with van der Waals surface area (Å²) in [5.41, 5.74) is 1.21. The van der Waals surface area contributed by atoms with E-state index in [0.29, 0.717) is 44.4 Å². The summed E-state index contributed by atoms with van der Waals surface area (Å²) < 4.78 is 33.1. The van der Waals surface area contributed by atoms with Gasteiger partial charge in [0.05, 0.1) is 26.7 Å². The minimum Gasteiger partial charge on any atom is -0.492 e. The van der Waals surface area contributed by atoms with Crippen LogP contribution in [-0.4, -0.2) is 33.0 Å². The topological polar surface area (TPSA) is 106 Å². The second kappa shape index (κ2) is 11.0. The van der Waals surface area contributed by atoms with E-state index in [2.05, 4.69) is 4.98 Å². The Morgan fingerprint density at radius 1 is 1.08 bits per heavy atom. The van der Waals surface area contributed by atoms with Gasteiger partial charge in [0.1, 0.15) is 5.75 Å². The van der Waals surface area contributed by atoms with E-state index in [1.165, 1.54) is 28.4 Å². The van der Waals surface area contributed by atoms with Gasteiger partial charge in [-0.1, -0.05) is 46.7 Å². The first-order valence-corrected chi connectivity index (χ1v) is 13.8. The van der Waals surface area contributed by atoms with E-state index in [0.717, 1.165) is 4.70 Å². The van der Waals surface area contributed by atoms with Crippen LogP contribution < -0.4 is 19.9 Å². The molecule has 1 amide bonds. The number of fused-ring (bicyclic) bond motifs is 1. The van der Waals surface area contributed by atoms with Gasteiger partial charge in [0.25, 0.3) is 10.0 Å². The summed E-state index contributed by atoms with van der Waals surface area (Å²) in [5, 5.41) is 1.08. The molecule has 0 unspecified atom stereocenters. The Labute approximate surface area is 222 Å². The molecule has 0 bridgehead atoms. The van der Waals surface area contributed by atoms with Gasteiger partial charge >= 0.3 is 0 Å². The van der Waals surface area contributed by atoms with Gasteiger partial charge in [0.2, 0.25) is 11.0 Å². The number of amides is 1. The summed E-state index contributed by atoms with van der Waals surface area (Å²) in [6.45, 7) is 0.302. The second-order valence-electron chi connectivity index (χ2n) is 7.74. The number of sulfonamides is 1. The highest BCUT2D eigenvalue weighted by atomic mass is 35.5. The third-order valence-corrected chi connectivity index (χ3v) is 8.55. The zero-order chi connectivity index (χ0) is 25.9. The van der Waals surface area contributed by atoms with Gasteiger partial charge in [0, 0.05) is 24.2 Å². The van der Waals surface area contributed by atoms with Crippen LogP contribution in [0.15, 0.2) is 71.6 Å². The number of benzene rings is 3. The summed E-state index contributed by atoms with van der Waals surface area (Å²) in [7, 11) is -2.41. The maximum Gasteiger partial charge on any atom is 0.279 e. The van der Waals surface area contributed by atoms with Crippen molar-refractivity contribution < 1.29 is 17.9 Å². The number of aromatic nitrogens is 1. The van der Waals surface area contributed by atoms with Gasteiger partial charge in [-0.25, -0.2) is 10.8 Å². The number of nitrogens with two attached hydrogens (primary N) is 1. The average Bonchev–Trinajstić information content (AvgIpc) is 3.31. The number of carbonyl (C=O) groups is 1. The molecule has 188 valence electrons. The molecule has 4 aromatic rings. The van der Waals surface area contributed by atoms with E-state index in [-0.39, 0.29) is 22.4 Å². The molecule has 36 heavy (non-hydrogen) atoms. The van der Waals surface area contributed by atoms with E-state index in [1.54, 1.807) is 43.4 Å². The Morgan fingerprint density at radius 3 is 2.50 bits per heavy atom. The van der Waals surface area contributed by atoms with E-state index >= 15 is 0 Å². The van der Waals surface area contributed by atoms with E-state index in [1.807, 2.05) is 18.2 Å². The molecule has 8 nitrogen and oxygen atoms in total. The summed E-state index contributed by atoms with van der Waals surface area (Å²) in [6.07, 6.45) is 0.703. The maximum atomic E-state index is 13.0. The molecule has 0 aliphatic heterocycles. The SMILES string of the molecule is CN(C(=O)CCCOc1ccc(Cl)cc1Cl)c1ccc(S(=O)(=O)N(N)c2nc3ccccc3s2)cc1. The molecule has 12 heteroatoms. The van der Waals surface area contributed by atoms with Gasteiger partial charge < -0.3 is 9.64 Å². The van der Waals surface area contributed by atoms with Crippen molar-refractivity contribution >= 4 is 71.5 Å². The van der Waals surface area contributed by atoms with Crippen LogP contribution in [0.25, 0.3) is 10.2 Å². The minimum absolute atomic E-state index is 0.0119. The van der Waals surface area contributed by atoms with Crippen molar-refractivity contribution in [3.8, 4) is 5.75 Å². The number of nitrogens with zero attached hydrogens (tertiary/aromatic N) is 3. The smallest absolute Gasteiger partial charge is 0.279 e. The third-order valence-electron chi connectivity index (χ3n) is 5.31. The highest BCUT2D eigenvalue weighted by Crippen LogP contribution is 2.31. The molecule has 1 heterocycles. The number of hydrogen-bond donors (Lipinski definition) is 1. The predicted molar refractivity (Wildman–Crippen MR) is 145 cm³/mol. The fraction of sp³-hybridized carbons (Fsp3) is 0.167. The molecule has 0 atom stereocenters. The van der Waals surface area contributed by atoms with Gasteiger partial charge in [-0.2, -0.15) is 12.8 Å². The zero-order valence-corrected chi connectivity index (χ0v) is 22.2. The van der Waals surface area contributed by atoms with Crippen LogP contribution >= 0.6 is 34.5 Å². The molecular weight excluding hydrogens is 543 g/mol. The minimum atomic E-state index is -4.03. The van der Waals surface area contributed by atoms with Crippen LogP contribution in [0.1, 0.15) is 12.8 Å². The lowest BCUT2D eigenvalue weighted by atomic mass is 10.2. The number of thiazole rings is 1. The van der Waals surface area contributed by atoms with Crippen LogP contribution in [-0.2, 0) is 14.8 Å². The van der Waals surface area contributed by atoms with Gasteiger partial charge in [-0.3, -0.25) is 4.79 Å². The molecule has 0 spiro atoms. The molecule has 0 saturated carbocycles. The molecule has 2 N–H and O–H groups in total. The summed E-state index contributed by atoms with van der Waals surface area (Å²) in [5.74, 6) is 6.30. The van der Waals surface area contributed by atoms with Crippen LogP contribution in [0, 0.1) is 0 Å². The quantitative estimate of drug-likeness (QED) is 0.163. The first-order valence-electron chi connectivity index (χ1n) is 10.8. The zero-order valence-electron chi connectivity index (χ0n) is 19.1. The van der Waals surface area contributed by atoms with Crippen LogP contribution in [0.3, 0.4) is 0 Å². The molecule has 0 radical (unpaired) electrons. The lowest BCUT2D eigenvalue weighted by Crippen LogP contribution is -2.37. The third kappa shape index (κ3) is 5.74. The Balaban J connectivity index is 1.36. The number of hydrazine groups is 1. The Hall–Kier alpha value is -2.89. The van der Waals surface area contributed by atoms with Crippen molar-refractivity contribution in [2.75, 3.05) is 23.0 Å². The second-order valence-corrected chi connectivity index (χ2v) is 11.4. The highest BCUT2D eigenvalue weighted by molar-refractivity contribution is 7.93. The van der Waals surface area contributed by atoms with E-state index < -0.39 is 10.0 Å². The standard InChI is InChI=1S/C24H22Cl2N4O4S2/c1-29(23(31)7-4-14-34-21-13-8-16(25)15-19(21)26)17-9-11-18(12-10-17)36(32,33)30(27)24-28-20-5-2-3-6-22(20)35-24/h2-3,5-6,8-13,15H,4,7,14,27H2,1H3. The molecule has 0 fully saturated rings. The number of hydrogen-bond acceptors (Lipinski definition) is 7. The molecule has 4 rings (SSSR count). The highest BCUT2D eigenvalue weighted by Gasteiger charge is 2.25. The fourth-order valence-electron chi connectivity index (χ4n) is 3.32. The number of halogens is 2.